The van der Waals surface area contributed by atoms with E-state index >= 15 is 0 Å². The van der Waals surface area contributed by atoms with Crippen molar-refractivity contribution in [2.75, 3.05) is 31.7 Å². The molecule has 0 spiro atoms. The van der Waals surface area contributed by atoms with Crippen molar-refractivity contribution in [1.82, 2.24) is 15.5 Å². The van der Waals surface area contributed by atoms with Crippen LogP contribution < -0.4 is 10.6 Å². The number of ether oxygens (including phenoxy) is 2. The fraction of sp³-hybridized carbons (Fsp3) is 0.667. The van der Waals surface area contributed by atoms with E-state index in [4.69, 9.17) is 9.47 Å². The van der Waals surface area contributed by atoms with Crippen molar-refractivity contribution in [2.45, 2.75) is 97.8 Å². The van der Waals surface area contributed by atoms with E-state index in [2.05, 4.69) is 17.6 Å². The number of unbranched alkanes of at least 4 members (excludes halogenated alkanes) is 3. The van der Waals surface area contributed by atoms with Gasteiger partial charge in [0.1, 0.15) is 23.4 Å². The number of phenolic OH excluding ortho intramolecular Hbond substituents is 1. The van der Waals surface area contributed by atoms with Crippen LogP contribution in [-0.4, -0.2) is 77.2 Å². The Morgan fingerprint density at radius 3 is 2.39 bits per heavy atom. The van der Waals surface area contributed by atoms with E-state index in [1.165, 1.54) is 11.0 Å². The van der Waals surface area contributed by atoms with E-state index in [1.807, 2.05) is 6.26 Å². The number of hydrogen-bond donors (Lipinski definition) is 3. The summed E-state index contributed by atoms with van der Waals surface area (Å²) < 4.78 is 10.4. The summed E-state index contributed by atoms with van der Waals surface area (Å²) in [4.78, 5) is 54.0. The second-order valence-electron chi connectivity index (χ2n) is 10.9. The Morgan fingerprint density at radius 2 is 1.80 bits per heavy atom. The predicted molar refractivity (Wildman–Crippen MR) is 162 cm³/mol. The van der Waals surface area contributed by atoms with Crippen LogP contribution in [0.4, 0.5) is 4.79 Å². The van der Waals surface area contributed by atoms with Gasteiger partial charge in [-0.3, -0.25) is 14.4 Å². The van der Waals surface area contributed by atoms with Crippen LogP contribution in [0.5, 0.6) is 5.75 Å². The van der Waals surface area contributed by atoms with Crippen molar-refractivity contribution in [1.29, 1.82) is 0 Å². The number of nitrogens with one attached hydrogen (secondary N) is 2. The maximum Gasteiger partial charge on any atom is 0.408 e. The number of aromatic hydroxyl groups is 1. The molecule has 0 radical (unpaired) electrons. The molecule has 0 saturated carbocycles. The lowest BCUT2D eigenvalue weighted by Gasteiger charge is -2.35. The minimum absolute atomic E-state index is 0.0120. The van der Waals surface area contributed by atoms with E-state index in [0.29, 0.717) is 29.7 Å². The van der Waals surface area contributed by atoms with Crippen molar-refractivity contribution < 1.29 is 33.8 Å². The van der Waals surface area contributed by atoms with Gasteiger partial charge in [0.2, 0.25) is 11.8 Å². The highest BCUT2D eigenvalue weighted by Crippen LogP contribution is 2.28. The number of amides is 3. The van der Waals surface area contributed by atoms with E-state index < -0.39 is 41.6 Å². The van der Waals surface area contributed by atoms with Gasteiger partial charge in [-0.1, -0.05) is 32.3 Å². The van der Waals surface area contributed by atoms with Crippen LogP contribution >= 0.6 is 11.8 Å². The minimum atomic E-state index is -1.05. The molecule has 0 bridgehead atoms. The van der Waals surface area contributed by atoms with Crippen LogP contribution in [0, 0.1) is 6.92 Å². The molecule has 0 aromatic heterocycles. The molecule has 0 aliphatic heterocycles. The van der Waals surface area contributed by atoms with E-state index in [9.17, 15) is 24.3 Å². The average Bonchev–Trinajstić information content (AvgIpc) is 2.88. The summed E-state index contributed by atoms with van der Waals surface area (Å²) in [7, 11) is 0. The van der Waals surface area contributed by atoms with Gasteiger partial charge in [-0.25, -0.2) is 4.79 Å². The van der Waals surface area contributed by atoms with Crippen molar-refractivity contribution >= 4 is 35.6 Å². The number of aryl methyl sites for hydroxylation is 1. The Labute approximate surface area is 249 Å². The normalized spacial score (nSPS) is 12.7. The lowest BCUT2D eigenvalue weighted by atomic mass is 9.99. The summed E-state index contributed by atoms with van der Waals surface area (Å²) >= 11 is 1.54. The number of carbonyl (C=O) groups is 4. The standard InChI is InChI=1S/C30H49N3O7S/c1-8-10-11-12-18-33(28(37)23(16-19-41-7)32-29(38)40-30(4,5)6)26(22-13-14-24(34)21(3)20-22)27(36)31-17-15-25(35)39-9-2/h13-14,20,23,26,34H,8-12,15-19H2,1-7H3,(H,31,36)(H,32,38). The summed E-state index contributed by atoms with van der Waals surface area (Å²) in [6.07, 6.45) is 5.03. The molecule has 232 valence electrons. The monoisotopic (exact) mass is 595 g/mol. The lowest BCUT2D eigenvalue weighted by Crippen LogP contribution is -2.53. The van der Waals surface area contributed by atoms with E-state index in [0.717, 1.165) is 19.3 Å². The number of alkyl carbamates (subject to hydrolysis) is 1. The van der Waals surface area contributed by atoms with Crippen LogP contribution in [0.25, 0.3) is 0 Å². The van der Waals surface area contributed by atoms with Crippen LogP contribution in [-0.2, 0) is 23.9 Å². The molecule has 41 heavy (non-hydrogen) atoms. The summed E-state index contributed by atoms with van der Waals surface area (Å²) in [5.41, 5.74) is 0.316. The number of nitrogens with zero attached hydrogens (tertiary/aromatic N) is 1. The first-order valence-electron chi connectivity index (χ1n) is 14.4. The van der Waals surface area contributed by atoms with Gasteiger partial charge < -0.3 is 30.1 Å². The van der Waals surface area contributed by atoms with Gasteiger partial charge in [-0.05, 0) is 82.7 Å². The molecule has 0 heterocycles. The van der Waals surface area contributed by atoms with Gasteiger partial charge in [0.15, 0.2) is 0 Å². The second kappa shape index (κ2) is 18.5. The number of thioether (sulfide) groups is 1. The van der Waals surface area contributed by atoms with E-state index in [1.54, 1.807) is 58.5 Å². The molecule has 1 rings (SSSR count). The van der Waals surface area contributed by atoms with Crippen LogP contribution in [0.3, 0.4) is 0 Å². The molecule has 2 unspecified atom stereocenters. The zero-order chi connectivity index (χ0) is 31.0. The smallest absolute Gasteiger partial charge is 0.408 e. The van der Waals surface area contributed by atoms with Crippen molar-refractivity contribution in [3.8, 4) is 5.75 Å². The first kappa shape index (κ1) is 36.1. The van der Waals surface area contributed by atoms with Gasteiger partial charge >= 0.3 is 12.1 Å². The zero-order valence-electron chi connectivity index (χ0n) is 25.7. The highest BCUT2D eigenvalue weighted by Gasteiger charge is 2.36. The fourth-order valence-electron chi connectivity index (χ4n) is 4.16. The third-order valence-corrected chi connectivity index (χ3v) is 6.81. The lowest BCUT2D eigenvalue weighted by molar-refractivity contribution is -0.144. The van der Waals surface area contributed by atoms with Crippen molar-refractivity contribution in [3.63, 3.8) is 0 Å². The Hall–Kier alpha value is -2.95. The second-order valence-corrected chi connectivity index (χ2v) is 11.9. The molecule has 0 fully saturated rings. The minimum Gasteiger partial charge on any atom is -0.508 e. The van der Waals surface area contributed by atoms with Crippen molar-refractivity contribution in [3.05, 3.63) is 29.3 Å². The number of phenols is 1. The molecule has 0 aliphatic rings. The number of rotatable bonds is 17. The third-order valence-electron chi connectivity index (χ3n) is 6.17. The quantitative estimate of drug-likeness (QED) is 0.172. The maximum absolute atomic E-state index is 14.2. The van der Waals surface area contributed by atoms with Gasteiger partial charge in [-0.15, -0.1) is 0 Å². The largest absolute Gasteiger partial charge is 0.508 e. The fourth-order valence-corrected chi connectivity index (χ4v) is 4.63. The number of esters is 1. The van der Waals surface area contributed by atoms with Crippen LogP contribution in [0.2, 0.25) is 0 Å². The Kier molecular flexibility index (Phi) is 16.3. The molecular formula is C30H49N3O7S. The average molecular weight is 596 g/mol. The molecule has 3 N–H and O–H groups in total. The molecule has 1 aromatic carbocycles. The molecule has 3 amide bonds. The summed E-state index contributed by atoms with van der Waals surface area (Å²) in [6, 6.07) is 2.81. The molecule has 0 aliphatic carbocycles. The number of benzene rings is 1. The van der Waals surface area contributed by atoms with Gasteiger partial charge in [0, 0.05) is 13.1 Å². The SMILES string of the molecule is CCCCCCN(C(=O)C(CCSC)NC(=O)OC(C)(C)C)C(C(=O)NCCC(=O)OCC)c1ccc(O)c(C)c1. The maximum atomic E-state index is 14.2. The van der Waals surface area contributed by atoms with Crippen molar-refractivity contribution in [2.24, 2.45) is 0 Å². The first-order chi connectivity index (χ1) is 19.3. The van der Waals surface area contributed by atoms with Gasteiger partial charge in [0.25, 0.3) is 0 Å². The Morgan fingerprint density at radius 1 is 1.10 bits per heavy atom. The third kappa shape index (κ3) is 13.5. The zero-order valence-corrected chi connectivity index (χ0v) is 26.5. The molecule has 0 saturated heterocycles. The highest BCUT2D eigenvalue weighted by atomic mass is 32.2. The molecule has 11 heteroatoms. The molecule has 2 atom stereocenters. The highest BCUT2D eigenvalue weighted by molar-refractivity contribution is 7.98. The van der Waals surface area contributed by atoms with Crippen LogP contribution in [0.1, 0.15) is 90.3 Å². The van der Waals surface area contributed by atoms with Gasteiger partial charge in [-0.2, -0.15) is 11.8 Å². The molecular weight excluding hydrogens is 546 g/mol. The summed E-state index contributed by atoms with van der Waals surface area (Å²) in [5, 5.41) is 15.7. The van der Waals surface area contributed by atoms with Crippen LogP contribution in [0.15, 0.2) is 18.2 Å². The topological polar surface area (TPSA) is 134 Å². The molecule has 1 aromatic rings. The number of hydrogen-bond acceptors (Lipinski definition) is 8. The predicted octanol–water partition coefficient (Wildman–Crippen LogP) is 4.87. The van der Waals surface area contributed by atoms with E-state index in [-0.39, 0.29) is 31.9 Å². The Balaban J connectivity index is 3.47. The summed E-state index contributed by atoms with van der Waals surface area (Å²) in [6.45, 7) is 11.3. The Bertz CT molecular complexity index is 997. The number of carbonyl (C=O) groups excluding carboxylic acids is 4. The summed E-state index contributed by atoms with van der Waals surface area (Å²) in [5.74, 6) is -0.636. The van der Waals surface area contributed by atoms with Gasteiger partial charge in [0.05, 0.1) is 13.0 Å². The molecule has 10 nitrogen and oxygen atoms in total. The first-order valence-corrected chi connectivity index (χ1v) is 15.8.